The van der Waals surface area contributed by atoms with Crippen LogP contribution in [0.2, 0.25) is 0 Å². The van der Waals surface area contributed by atoms with Crippen LogP contribution in [0.25, 0.3) is 10.8 Å². The van der Waals surface area contributed by atoms with Crippen LogP contribution in [-0.4, -0.2) is 32.4 Å². The summed E-state index contributed by atoms with van der Waals surface area (Å²) in [7, 11) is 0. The Balaban J connectivity index is 0.000000203. The Morgan fingerprint density at radius 3 is 1.89 bits per heavy atom. The molecule has 146 valence electrons. The summed E-state index contributed by atoms with van der Waals surface area (Å²) >= 11 is 0. The summed E-state index contributed by atoms with van der Waals surface area (Å²) < 4.78 is 51.6. The van der Waals surface area contributed by atoms with Gasteiger partial charge in [0.15, 0.2) is 11.6 Å². The number of phenolic OH excluding ortho intramolecular Hbond substituents is 2. The normalized spacial score (nSPS) is 10.3. The van der Waals surface area contributed by atoms with E-state index in [0.717, 1.165) is 12.1 Å². The van der Waals surface area contributed by atoms with Gasteiger partial charge in [0.2, 0.25) is 0 Å². The lowest BCUT2D eigenvalue weighted by atomic mass is 10.1. The maximum absolute atomic E-state index is 13.2. The zero-order chi connectivity index (χ0) is 21.2. The number of carboxylic acids is 2. The Bertz CT molecular complexity index is 1090. The first kappa shape index (κ1) is 20.5. The van der Waals surface area contributed by atoms with Crippen molar-refractivity contribution in [3.63, 3.8) is 0 Å². The zero-order valence-corrected chi connectivity index (χ0v) is 13.6. The fourth-order valence-corrected chi connectivity index (χ4v) is 2.24. The minimum Gasteiger partial charge on any atom is -0.507 e. The van der Waals surface area contributed by atoms with Crippen LogP contribution in [0, 0.1) is 23.3 Å². The van der Waals surface area contributed by atoms with Gasteiger partial charge >= 0.3 is 11.9 Å². The molecule has 0 saturated carbocycles. The molecule has 28 heavy (non-hydrogen) atoms. The molecule has 0 fully saturated rings. The van der Waals surface area contributed by atoms with Crippen LogP contribution in [0.4, 0.5) is 17.6 Å². The molecule has 3 aromatic rings. The molecule has 3 aromatic carbocycles. The maximum atomic E-state index is 13.2. The number of hydrogen-bond acceptors (Lipinski definition) is 4. The standard InChI is InChI=1S/C10H5F3O2.C8H5FO4/c11-4-1-5-9(7(14)2-4)8(15)3-6(12)10(5)13;9-6-3-4(7(10)11)1-2-5(6)8(12)13/h1-3,14-15H;1-3H,(H,10,11)(H,12,13). The highest BCUT2D eigenvalue weighted by Crippen LogP contribution is 2.36. The monoisotopic (exact) mass is 398 g/mol. The molecule has 0 radical (unpaired) electrons. The average molecular weight is 398 g/mol. The lowest BCUT2D eigenvalue weighted by Crippen LogP contribution is -2.03. The quantitative estimate of drug-likeness (QED) is 0.487. The fraction of sp³-hybridized carbons (Fsp3) is 0. The van der Waals surface area contributed by atoms with Crippen LogP contribution >= 0.6 is 0 Å². The van der Waals surface area contributed by atoms with Crippen molar-refractivity contribution in [2.24, 2.45) is 0 Å². The summed E-state index contributed by atoms with van der Waals surface area (Å²) in [5.41, 5.74) is -0.812. The molecule has 0 aliphatic heterocycles. The van der Waals surface area contributed by atoms with Gasteiger partial charge in [-0.2, -0.15) is 0 Å². The number of hydrogen-bond donors (Lipinski definition) is 4. The molecule has 0 saturated heterocycles. The number of fused-ring (bicyclic) bond motifs is 1. The molecule has 0 aliphatic rings. The van der Waals surface area contributed by atoms with E-state index in [1.165, 1.54) is 0 Å². The topological polar surface area (TPSA) is 115 Å². The number of benzene rings is 3. The summed E-state index contributed by atoms with van der Waals surface area (Å²) in [4.78, 5) is 20.6. The molecule has 0 amide bonds. The van der Waals surface area contributed by atoms with E-state index in [-0.39, 0.29) is 10.9 Å². The van der Waals surface area contributed by atoms with E-state index in [9.17, 15) is 37.4 Å². The third kappa shape index (κ3) is 4.11. The van der Waals surface area contributed by atoms with Crippen LogP contribution in [-0.2, 0) is 0 Å². The average Bonchev–Trinajstić information content (AvgIpc) is 2.59. The molecular weight excluding hydrogens is 388 g/mol. The smallest absolute Gasteiger partial charge is 0.338 e. The highest BCUT2D eigenvalue weighted by Gasteiger charge is 2.16. The molecule has 3 rings (SSSR count). The minimum absolute atomic E-state index is 0.275. The van der Waals surface area contributed by atoms with Crippen molar-refractivity contribution in [1.29, 1.82) is 0 Å². The Kier molecular flexibility index (Phi) is 5.73. The van der Waals surface area contributed by atoms with Gasteiger partial charge in [-0.15, -0.1) is 0 Å². The molecule has 0 aliphatic carbocycles. The summed E-state index contributed by atoms with van der Waals surface area (Å²) in [6.07, 6.45) is 0. The van der Waals surface area contributed by atoms with Gasteiger partial charge in [-0.1, -0.05) is 0 Å². The van der Waals surface area contributed by atoms with Gasteiger partial charge in [-0.25, -0.2) is 27.2 Å². The van der Waals surface area contributed by atoms with E-state index in [1.54, 1.807) is 0 Å². The van der Waals surface area contributed by atoms with Crippen LogP contribution in [0.1, 0.15) is 20.7 Å². The number of aromatic hydroxyl groups is 2. The molecule has 6 nitrogen and oxygen atoms in total. The van der Waals surface area contributed by atoms with Crippen LogP contribution < -0.4 is 0 Å². The van der Waals surface area contributed by atoms with Crippen LogP contribution in [0.5, 0.6) is 11.5 Å². The highest BCUT2D eigenvalue weighted by atomic mass is 19.2. The zero-order valence-electron chi connectivity index (χ0n) is 13.6. The Morgan fingerprint density at radius 2 is 1.36 bits per heavy atom. The first-order valence-corrected chi connectivity index (χ1v) is 7.28. The van der Waals surface area contributed by atoms with Crippen molar-refractivity contribution in [3.05, 3.63) is 70.8 Å². The van der Waals surface area contributed by atoms with E-state index in [2.05, 4.69) is 0 Å². The third-order valence-electron chi connectivity index (χ3n) is 3.49. The number of aromatic carboxylic acids is 2. The van der Waals surface area contributed by atoms with E-state index in [4.69, 9.17) is 10.2 Å². The van der Waals surface area contributed by atoms with Crippen molar-refractivity contribution in [2.45, 2.75) is 0 Å². The molecule has 0 atom stereocenters. The number of carbonyl (C=O) groups is 2. The van der Waals surface area contributed by atoms with Gasteiger partial charge in [-0.05, 0) is 24.3 Å². The highest BCUT2D eigenvalue weighted by molar-refractivity contribution is 5.94. The molecule has 10 heteroatoms. The van der Waals surface area contributed by atoms with Crippen LogP contribution in [0.3, 0.4) is 0 Å². The largest absolute Gasteiger partial charge is 0.507 e. The van der Waals surface area contributed by atoms with E-state index < -0.39 is 57.7 Å². The Hall–Kier alpha value is -3.82. The van der Waals surface area contributed by atoms with Crippen molar-refractivity contribution in [2.75, 3.05) is 0 Å². The van der Waals surface area contributed by atoms with E-state index >= 15 is 0 Å². The third-order valence-corrected chi connectivity index (χ3v) is 3.49. The molecular formula is C18H10F4O6. The summed E-state index contributed by atoms with van der Waals surface area (Å²) in [5, 5.41) is 34.5. The number of rotatable bonds is 2. The van der Waals surface area contributed by atoms with Crippen molar-refractivity contribution in [1.82, 2.24) is 0 Å². The molecule has 0 spiro atoms. The first-order chi connectivity index (χ1) is 13.0. The molecule has 4 N–H and O–H groups in total. The maximum Gasteiger partial charge on any atom is 0.338 e. The Labute approximate surface area is 153 Å². The molecule has 0 aromatic heterocycles. The lowest BCUT2D eigenvalue weighted by molar-refractivity contribution is 0.0676. The van der Waals surface area contributed by atoms with Gasteiger partial charge in [0.25, 0.3) is 0 Å². The van der Waals surface area contributed by atoms with E-state index in [0.29, 0.717) is 24.3 Å². The summed E-state index contributed by atoms with van der Waals surface area (Å²) in [6.45, 7) is 0. The second kappa shape index (κ2) is 7.82. The van der Waals surface area contributed by atoms with Crippen molar-refractivity contribution >= 4 is 22.7 Å². The number of phenols is 2. The summed E-state index contributed by atoms with van der Waals surface area (Å²) in [5.74, 6) is -8.56. The predicted molar refractivity (Wildman–Crippen MR) is 87.5 cm³/mol. The number of carboxylic acid groups (broad SMARTS) is 2. The Morgan fingerprint density at radius 1 is 0.750 bits per heavy atom. The molecule has 0 unspecified atom stereocenters. The lowest BCUT2D eigenvalue weighted by Gasteiger charge is -2.05. The van der Waals surface area contributed by atoms with Crippen molar-refractivity contribution in [3.8, 4) is 11.5 Å². The minimum atomic E-state index is -1.42. The molecule has 0 heterocycles. The van der Waals surface area contributed by atoms with Crippen molar-refractivity contribution < 1.29 is 47.6 Å². The van der Waals surface area contributed by atoms with Crippen LogP contribution in [0.15, 0.2) is 36.4 Å². The van der Waals surface area contributed by atoms with Gasteiger partial charge in [-0.3, -0.25) is 0 Å². The second-order valence-electron chi connectivity index (χ2n) is 5.34. The SMILES string of the molecule is O=C(O)c1ccc(C(=O)O)c(F)c1.Oc1cc(F)cc2c(F)c(F)cc(O)c12. The van der Waals surface area contributed by atoms with Gasteiger partial charge < -0.3 is 20.4 Å². The second-order valence-corrected chi connectivity index (χ2v) is 5.34. The fourth-order valence-electron chi connectivity index (χ4n) is 2.24. The van der Waals surface area contributed by atoms with Gasteiger partial charge in [0.1, 0.15) is 23.1 Å². The summed E-state index contributed by atoms with van der Waals surface area (Å²) in [6, 6.07) is 4.56. The van der Waals surface area contributed by atoms with Gasteiger partial charge in [0, 0.05) is 17.5 Å². The number of halogens is 4. The predicted octanol–water partition coefficient (Wildman–Crippen LogP) is 3.89. The van der Waals surface area contributed by atoms with E-state index in [1.807, 2.05) is 0 Å². The first-order valence-electron chi connectivity index (χ1n) is 7.28. The van der Waals surface area contributed by atoms with Gasteiger partial charge in [0.05, 0.1) is 16.5 Å². The molecule has 0 bridgehead atoms.